The summed E-state index contributed by atoms with van der Waals surface area (Å²) in [5.74, 6) is -0.231. The zero-order chi connectivity index (χ0) is 11.9. The maximum atomic E-state index is 10.2. The normalized spacial score (nSPS) is 13.4. The molecule has 0 aliphatic heterocycles. The van der Waals surface area contributed by atoms with Crippen LogP contribution in [0.1, 0.15) is 6.92 Å². The van der Waals surface area contributed by atoms with E-state index in [0.29, 0.717) is 0 Å². The average molecular weight is 265 g/mol. The molecule has 0 saturated carbocycles. The van der Waals surface area contributed by atoms with Gasteiger partial charge in [0.1, 0.15) is 0 Å². The van der Waals surface area contributed by atoms with Gasteiger partial charge in [-0.2, -0.15) is 13.3 Å². The van der Waals surface area contributed by atoms with Gasteiger partial charge >= 0.3 is 18.4 Å². The van der Waals surface area contributed by atoms with Gasteiger partial charge in [-0.05, 0) is 25.6 Å². The van der Waals surface area contributed by atoms with E-state index in [2.05, 4.69) is 4.18 Å². The zero-order valence-electron chi connectivity index (χ0n) is 9.11. The molecule has 15 heavy (non-hydrogen) atoms. The van der Waals surface area contributed by atoms with Crippen molar-refractivity contribution < 1.29 is 26.6 Å². The minimum Gasteiger partial charge on any atom is -0.344 e. The summed E-state index contributed by atoms with van der Waals surface area (Å²) in [5.41, 5.74) is 0. The maximum absolute atomic E-state index is 10.2. The Hall–Kier alpha value is -0.150. The van der Waals surface area contributed by atoms with E-state index in [-0.39, 0.29) is 11.9 Å². The topological polar surface area (TPSA) is 139 Å². The lowest BCUT2D eigenvalue weighted by Crippen LogP contribution is -2.20. The molecule has 0 radical (unpaired) electrons. The molecule has 0 spiro atoms. The van der Waals surface area contributed by atoms with E-state index < -0.39 is 18.4 Å². The summed E-state index contributed by atoms with van der Waals surface area (Å²) >= 11 is 0. The van der Waals surface area contributed by atoms with Crippen molar-refractivity contribution in [2.24, 2.45) is 0 Å². The molecule has 5 N–H and O–H groups in total. The molecule has 0 aromatic rings. The number of hydrogen-bond acceptors (Lipinski definition) is 6. The molecule has 0 heterocycles. The Kier molecular flexibility index (Phi) is 12.3. The van der Waals surface area contributed by atoms with Gasteiger partial charge in [0.15, 0.2) is 0 Å². The van der Waals surface area contributed by atoms with E-state index in [1.165, 1.54) is 0 Å². The van der Waals surface area contributed by atoms with Gasteiger partial charge in [-0.1, -0.05) is 0 Å². The molecule has 0 amide bonds. The molecule has 8 nitrogen and oxygen atoms in total. The fourth-order valence-corrected chi connectivity index (χ4v) is 0.593. The molecule has 0 aliphatic rings. The van der Waals surface area contributed by atoms with Crippen molar-refractivity contribution in [1.29, 1.82) is 0 Å². The summed E-state index contributed by atoms with van der Waals surface area (Å²) < 4.78 is 40.0. The molecule has 0 aliphatic carbocycles. The average Bonchev–Trinajstić information content (AvgIpc) is 2.02. The van der Waals surface area contributed by atoms with Gasteiger partial charge in [0, 0.05) is 0 Å². The van der Waals surface area contributed by atoms with Gasteiger partial charge in [0.05, 0.1) is 7.11 Å². The van der Waals surface area contributed by atoms with Gasteiger partial charge in [0.2, 0.25) is 5.78 Å². The minimum atomic E-state index is -4.16. The van der Waals surface area contributed by atoms with E-state index in [4.69, 9.17) is 9.45 Å². The summed E-state index contributed by atoms with van der Waals surface area (Å²) in [5, 5.41) is 0. The second-order valence-electron chi connectivity index (χ2n) is 2.49. The van der Waals surface area contributed by atoms with Crippen LogP contribution in [0.3, 0.4) is 0 Å². The highest BCUT2D eigenvalue weighted by molar-refractivity contribution is 7.80. The van der Waals surface area contributed by atoms with Crippen LogP contribution in [-0.4, -0.2) is 49.8 Å². The van der Waals surface area contributed by atoms with E-state index in [0.717, 1.165) is 7.11 Å². The smallest absolute Gasteiger partial charge is 0.344 e. The second-order valence-corrected chi connectivity index (χ2v) is 5.03. The molecule has 0 fully saturated rings. The number of nitrogens with zero attached hydrogens (tertiary/aromatic N) is 1. The largest absolute Gasteiger partial charge is 0.524 e. The minimum absolute atomic E-state index is 0. The molecule has 2 atom stereocenters. The summed E-state index contributed by atoms with van der Waals surface area (Å²) in [6.07, 6.45) is 0. The number of rotatable bonds is 3. The van der Waals surface area contributed by atoms with Gasteiger partial charge in [0.25, 0.3) is 0 Å². The first kappa shape index (κ1) is 20.3. The Balaban J connectivity index is -0.000000187. The quantitative estimate of drug-likeness (QED) is 0.486. The third kappa shape index (κ3) is 16.5. The first-order valence-electron chi connectivity index (χ1n) is 3.46. The van der Waals surface area contributed by atoms with Crippen molar-refractivity contribution in [1.82, 2.24) is 11.1 Å². The zero-order valence-corrected chi connectivity index (χ0v) is 10.8. The Morgan fingerprint density at radius 1 is 1.40 bits per heavy atom. The van der Waals surface area contributed by atoms with Crippen molar-refractivity contribution in [3.05, 3.63) is 0 Å². The van der Waals surface area contributed by atoms with Crippen LogP contribution in [0, 0.1) is 0 Å². The highest BCUT2D eigenvalue weighted by Crippen LogP contribution is 2.22. The molecule has 10 heteroatoms. The lowest BCUT2D eigenvalue weighted by Gasteiger charge is -2.05. The molecule has 0 bridgehead atoms. The van der Waals surface area contributed by atoms with Crippen LogP contribution < -0.4 is 6.15 Å². The lowest BCUT2D eigenvalue weighted by molar-refractivity contribution is 0.324. The van der Waals surface area contributed by atoms with E-state index in [1.807, 2.05) is 0 Å². The van der Waals surface area contributed by atoms with Gasteiger partial charge in [-0.25, -0.2) is 0 Å². The van der Waals surface area contributed by atoms with E-state index in [1.54, 1.807) is 25.9 Å². The lowest BCUT2D eigenvalue weighted by atomic mass is 10.7. The van der Waals surface area contributed by atoms with Gasteiger partial charge in [-0.3, -0.25) is 13.6 Å². The van der Waals surface area contributed by atoms with Gasteiger partial charge in [-0.15, -0.1) is 0 Å². The first-order chi connectivity index (χ1) is 6.11. The van der Waals surface area contributed by atoms with E-state index >= 15 is 0 Å². The molecule has 0 saturated heterocycles. The standard InChI is InChI=1S/C4H10NO2P.CH4O4S.H3N/c1-4(5(2)3)8(6)7;1-5-6(2,3)4;/h4H,1-3H3;1H3,(H,2,3,4);1H3/p+1. The van der Waals surface area contributed by atoms with Crippen molar-refractivity contribution in [2.75, 3.05) is 21.2 Å². The molecular formula is C5H18N2O6PS+. The summed E-state index contributed by atoms with van der Waals surface area (Å²) in [4.78, 5) is 10.2. The third-order valence-corrected chi connectivity index (χ3v) is 2.80. The molecule has 0 aromatic heterocycles. The fraction of sp³-hybridized carbons (Fsp3) is 1.00. The van der Waals surface area contributed by atoms with Crippen LogP contribution >= 0.6 is 8.03 Å². The summed E-state index contributed by atoms with van der Waals surface area (Å²) in [7, 11) is -1.77. The van der Waals surface area contributed by atoms with Crippen molar-refractivity contribution in [2.45, 2.75) is 12.7 Å². The highest BCUT2D eigenvalue weighted by Gasteiger charge is 2.24. The van der Waals surface area contributed by atoms with Crippen molar-refractivity contribution in [3.63, 3.8) is 0 Å². The first-order valence-corrected chi connectivity index (χ1v) is 6.11. The predicted octanol–water partition coefficient (Wildman–Crippen LogP) is 0.226. The van der Waals surface area contributed by atoms with Crippen molar-refractivity contribution in [3.8, 4) is 0 Å². The van der Waals surface area contributed by atoms with Crippen LogP contribution in [0.5, 0.6) is 0 Å². The monoisotopic (exact) mass is 265 g/mol. The third-order valence-electron chi connectivity index (χ3n) is 1.28. The van der Waals surface area contributed by atoms with Crippen LogP contribution in [0.25, 0.3) is 0 Å². The molecule has 94 valence electrons. The Morgan fingerprint density at radius 3 is 1.67 bits per heavy atom. The SMILES string of the molecule is CC(N(C)C)[P+](=O)O.COS(=O)(=O)O.N. The maximum Gasteiger partial charge on any atom is 0.524 e. The van der Waals surface area contributed by atoms with E-state index in [9.17, 15) is 13.0 Å². The molecule has 2 unspecified atom stereocenters. The molecule has 0 aromatic carbocycles. The Labute approximate surface area is 90.6 Å². The Morgan fingerprint density at radius 2 is 1.67 bits per heavy atom. The summed E-state index contributed by atoms with van der Waals surface area (Å²) in [6, 6.07) is 0. The fourth-order valence-electron chi connectivity index (χ4n) is 0.198. The highest BCUT2D eigenvalue weighted by atomic mass is 32.3. The Bertz CT molecular complexity index is 267. The molecule has 0 rings (SSSR count). The van der Waals surface area contributed by atoms with Crippen LogP contribution in [0.4, 0.5) is 0 Å². The summed E-state index contributed by atoms with van der Waals surface area (Å²) in [6.45, 7) is 1.71. The predicted molar refractivity (Wildman–Crippen MR) is 56.6 cm³/mol. The van der Waals surface area contributed by atoms with Crippen LogP contribution in [0.15, 0.2) is 0 Å². The number of hydrogen-bond donors (Lipinski definition) is 3. The van der Waals surface area contributed by atoms with Crippen LogP contribution in [0.2, 0.25) is 0 Å². The van der Waals surface area contributed by atoms with Crippen molar-refractivity contribution >= 4 is 18.4 Å². The second kappa shape index (κ2) is 9.10. The van der Waals surface area contributed by atoms with Gasteiger partial charge < -0.3 is 6.15 Å². The molecular weight excluding hydrogens is 247 g/mol. The van der Waals surface area contributed by atoms with Crippen LogP contribution in [-0.2, 0) is 19.1 Å².